The molecule has 0 aliphatic rings. The number of fused-ring (bicyclic) bond motifs is 9. The van der Waals surface area contributed by atoms with Crippen LogP contribution >= 0.6 is 11.3 Å². The van der Waals surface area contributed by atoms with Crippen molar-refractivity contribution in [3.8, 4) is 16.8 Å². The van der Waals surface area contributed by atoms with E-state index >= 15 is 0 Å². The van der Waals surface area contributed by atoms with Gasteiger partial charge >= 0.3 is 0 Å². The fourth-order valence-electron chi connectivity index (χ4n) is 7.12. The number of nitrogens with zero attached hydrogens (tertiary/aromatic N) is 2. The van der Waals surface area contributed by atoms with Crippen LogP contribution in [0.4, 0.5) is 0 Å². The molecule has 3 aromatic heterocycles. The van der Waals surface area contributed by atoms with E-state index in [9.17, 15) is 0 Å². The SMILES string of the molecule is CCn1c2ccccc2c2cc(-n3c4ccc(C)cc4c4cc(-c5cccc6sc7ccccc7c56)ccc43)ccc21. The lowest BCUT2D eigenvalue weighted by molar-refractivity contribution is 0.827. The Hall–Kier alpha value is -4.86. The molecule has 0 radical (unpaired) electrons. The van der Waals surface area contributed by atoms with Crippen LogP contribution in [0.25, 0.3) is 80.6 Å². The predicted molar refractivity (Wildman–Crippen MR) is 183 cm³/mol. The number of aromatic nitrogens is 2. The van der Waals surface area contributed by atoms with Crippen LogP contribution in [0.3, 0.4) is 0 Å². The molecule has 6 aromatic carbocycles. The summed E-state index contributed by atoms with van der Waals surface area (Å²) in [7, 11) is 0. The van der Waals surface area contributed by atoms with E-state index in [-0.39, 0.29) is 0 Å². The molecule has 0 fully saturated rings. The van der Waals surface area contributed by atoms with Crippen molar-refractivity contribution in [1.82, 2.24) is 9.13 Å². The van der Waals surface area contributed by atoms with Crippen molar-refractivity contribution in [2.24, 2.45) is 0 Å². The zero-order valence-corrected chi connectivity index (χ0v) is 24.4. The van der Waals surface area contributed by atoms with E-state index in [0.29, 0.717) is 0 Å². The normalized spacial score (nSPS) is 12.1. The smallest absolute Gasteiger partial charge is 0.0541 e. The first-order valence-corrected chi connectivity index (χ1v) is 15.5. The average molecular weight is 557 g/mol. The molecule has 3 heterocycles. The zero-order chi connectivity index (χ0) is 27.9. The number of benzene rings is 6. The van der Waals surface area contributed by atoms with Crippen LogP contribution in [0.5, 0.6) is 0 Å². The minimum atomic E-state index is 0.951. The van der Waals surface area contributed by atoms with Crippen LogP contribution in [-0.4, -0.2) is 9.13 Å². The summed E-state index contributed by atoms with van der Waals surface area (Å²) in [6.07, 6.45) is 0. The molecule has 0 aliphatic heterocycles. The van der Waals surface area contributed by atoms with Gasteiger partial charge in [0, 0.05) is 65.0 Å². The van der Waals surface area contributed by atoms with E-state index in [1.165, 1.54) is 86.2 Å². The first-order chi connectivity index (χ1) is 20.7. The predicted octanol–water partition coefficient (Wildman–Crippen LogP) is 11.3. The van der Waals surface area contributed by atoms with Gasteiger partial charge in [0.05, 0.1) is 11.0 Å². The Morgan fingerprint density at radius 2 is 1.24 bits per heavy atom. The van der Waals surface area contributed by atoms with Gasteiger partial charge < -0.3 is 9.13 Å². The highest BCUT2D eigenvalue weighted by Gasteiger charge is 2.17. The summed E-state index contributed by atoms with van der Waals surface area (Å²) in [6, 6.07) is 45.2. The Kier molecular flexibility index (Phi) is 5.00. The maximum Gasteiger partial charge on any atom is 0.0541 e. The van der Waals surface area contributed by atoms with Crippen molar-refractivity contribution in [2.45, 2.75) is 20.4 Å². The Balaban J connectivity index is 1.33. The van der Waals surface area contributed by atoms with E-state index in [1.807, 2.05) is 11.3 Å². The van der Waals surface area contributed by atoms with E-state index in [1.54, 1.807) is 0 Å². The molecule has 0 spiro atoms. The van der Waals surface area contributed by atoms with Crippen LogP contribution in [0, 0.1) is 6.92 Å². The van der Waals surface area contributed by atoms with Crippen LogP contribution in [0.15, 0.2) is 121 Å². The van der Waals surface area contributed by atoms with Gasteiger partial charge in [0.15, 0.2) is 0 Å². The fourth-order valence-corrected chi connectivity index (χ4v) is 8.25. The average Bonchev–Trinajstić information content (AvgIpc) is 3.67. The molecule has 0 N–H and O–H groups in total. The second kappa shape index (κ2) is 8.82. The number of thiophene rings is 1. The van der Waals surface area contributed by atoms with Crippen molar-refractivity contribution in [2.75, 3.05) is 0 Å². The molecule has 0 saturated carbocycles. The van der Waals surface area contributed by atoms with Crippen LogP contribution < -0.4 is 0 Å². The highest BCUT2D eigenvalue weighted by atomic mass is 32.1. The van der Waals surface area contributed by atoms with Crippen molar-refractivity contribution in [1.29, 1.82) is 0 Å². The molecule has 0 saturated heterocycles. The number of hydrogen-bond donors (Lipinski definition) is 0. The minimum Gasteiger partial charge on any atom is -0.341 e. The van der Waals surface area contributed by atoms with Crippen LogP contribution in [0.2, 0.25) is 0 Å². The zero-order valence-electron chi connectivity index (χ0n) is 23.6. The fraction of sp³-hybridized carbons (Fsp3) is 0.0769. The molecule has 0 amide bonds. The van der Waals surface area contributed by atoms with Gasteiger partial charge in [0.2, 0.25) is 0 Å². The lowest BCUT2D eigenvalue weighted by Crippen LogP contribution is -1.95. The lowest BCUT2D eigenvalue weighted by atomic mass is 9.98. The maximum atomic E-state index is 2.45. The molecule has 0 atom stereocenters. The standard InChI is InChI=1S/C39H28N2S/c1-3-40-33-12-6-4-9-28(33)32-23-26(17-20-34(32)40)41-35-18-15-24(2)21-30(35)31-22-25(16-19-36(31)41)27-11-8-14-38-39(27)29-10-5-7-13-37(29)42-38/h4-23H,3H2,1-2H3. The summed E-state index contributed by atoms with van der Waals surface area (Å²) in [5, 5.41) is 7.90. The summed E-state index contributed by atoms with van der Waals surface area (Å²) in [4.78, 5) is 0. The largest absolute Gasteiger partial charge is 0.341 e. The minimum absolute atomic E-state index is 0.951. The molecule has 9 aromatic rings. The van der Waals surface area contributed by atoms with E-state index in [4.69, 9.17) is 0 Å². The van der Waals surface area contributed by atoms with Crippen molar-refractivity contribution in [3.63, 3.8) is 0 Å². The molecular formula is C39H28N2S. The maximum absolute atomic E-state index is 2.45. The highest BCUT2D eigenvalue weighted by molar-refractivity contribution is 7.25. The highest BCUT2D eigenvalue weighted by Crippen LogP contribution is 2.42. The number of hydrogen-bond acceptors (Lipinski definition) is 1. The van der Waals surface area contributed by atoms with Gasteiger partial charge in [-0.1, -0.05) is 66.2 Å². The molecular weight excluding hydrogens is 529 g/mol. The molecule has 42 heavy (non-hydrogen) atoms. The monoisotopic (exact) mass is 556 g/mol. The molecule has 0 unspecified atom stereocenters. The second-order valence-electron chi connectivity index (χ2n) is 11.3. The Morgan fingerprint density at radius 3 is 2.12 bits per heavy atom. The summed E-state index contributed by atoms with van der Waals surface area (Å²) >= 11 is 1.88. The van der Waals surface area contributed by atoms with Gasteiger partial charge in [-0.25, -0.2) is 0 Å². The first kappa shape index (κ1) is 23.8. The Labute approximate surface area is 247 Å². The van der Waals surface area contributed by atoms with Gasteiger partial charge in [0.1, 0.15) is 0 Å². The third-order valence-electron chi connectivity index (χ3n) is 8.96. The molecule has 9 rings (SSSR count). The first-order valence-electron chi connectivity index (χ1n) is 14.7. The number of aryl methyl sites for hydroxylation is 2. The van der Waals surface area contributed by atoms with Gasteiger partial charge in [-0.15, -0.1) is 11.3 Å². The lowest BCUT2D eigenvalue weighted by Gasteiger charge is -2.10. The second-order valence-corrected chi connectivity index (χ2v) is 12.4. The van der Waals surface area contributed by atoms with Gasteiger partial charge in [0.25, 0.3) is 0 Å². The van der Waals surface area contributed by atoms with Gasteiger partial charge in [-0.2, -0.15) is 0 Å². The number of rotatable bonds is 3. The van der Waals surface area contributed by atoms with E-state index < -0.39 is 0 Å². The van der Waals surface area contributed by atoms with Crippen LogP contribution in [-0.2, 0) is 6.54 Å². The third-order valence-corrected chi connectivity index (χ3v) is 10.1. The summed E-state index contributed by atoms with van der Waals surface area (Å²) < 4.78 is 7.55. The van der Waals surface area contributed by atoms with Gasteiger partial charge in [-0.3, -0.25) is 0 Å². The topological polar surface area (TPSA) is 9.86 Å². The number of para-hydroxylation sites is 1. The third kappa shape index (κ3) is 3.26. The Morgan fingerprint density at radius 1 is 0.548 bits per heavy atom. The molecule has 0 aliphatic carbocycles. The summed E-state index contributed by atoms with van der Waals surface area (Å²) in [5.41, 5.74) is 10.1. The van der Waals surface area contributed by atoms with Crippen molar-refractivity contribution >= 4 is 75.1 Å². The van der Waals surface area contributed by atoms with Crippen molar-refractivity contribution < 1.29 is 0 Å². The summed E-state index contributed by atoms with van der Waals surface area (Å²) in [6.45, 7) is 5.37. The van der Waals surface area contributed by atoms with Gasteiger partial charge in [-0.05, 0) is 85.6 Å². The van der Waals surface area contributed by atoms with E-state index in [0.717, 1.165) is 6.54 Å². The molecule has 200 valence electrons. The molecule has 2 nitrogen and oxygen atoms in total. The van der Waals surface area contributed by atoms with Crippen molar-refractivity contribution in [3.05, 3.63) is 127 Å². The van der Waals surface area contributed by atoms with E-state index in [2.05, 4.69) is 144 Å². The van der Waals surface area contributed by atoms with Crippen LogP contribution in [0.1, 0.15) is 12.5 Å². The molecule has 3 heteroatoms. The summed E-state index contributed by atoms with van der Waals surface area (Å²) in [5.74, 6) is 0. The Bertz CT molecular complexity index is 2520. The molecule has 0 bridgehead atoms. The quantitative estimate of drug-likeness (QED) is 0.205.